The zero-order valence-corrected chi connectivity index (χ0v) is 17.8. The van der Waals surface area contributed by atoms with Crippen molar-refractivity contribution in [3.63, 3.8) is 0 Å². The van der Waals surface area contributed by atoms with Gasteiger partial charge in [-0.05, 0) is 38.3 Å². The van der Waals surface area contributed by atoms with Crippen LogP contribution in [0.1, 0.15) is 58.7 Å². The fraction of sp³-hybridized carbons (Fsp3) is 0.409. The molecule has 0 spiro atoms. The molecule has 3 rings (SSSR count). The van der Waals surface area contributed by atoms with Gasteiger partial charge in [0.2, 0.25) is 5.78 Å². The van der Waals surface area contributed by atoms with E-state index in [0.29, 0.717) is 23.2 Å². The van der Waals surface area contributed by atoms with Gasteiger partial charge in [-0.1, -0.05) is 37.6 Å². The van der Waals surface area contributed by atoms with E-state index in [0.717, 1.165) is 24.1 Å². The SMILES string of the molecule is CCCc1ccc(C(=O)/C(C#N)=C/c2c(C)nn([C@H]3CCS(=O)(=O)C3)c2C)cc1. The quantitative estimate of drug-likeness (QED) is 0.411. The van der Waals surface area contributed by atoms with E-state index in [1.807, 2.05) is 25.1 Å². The van der Waals surface area contributed by atoms with E-state index < -0.39 is 9.84 Å². The van der Waals surface area contributed by atoms with Crippen molar-refractivity contribution in [3.8, 4) is 6.07 Å². The second kappa shape index (κ2) is 8.34. The first-order valence-electron chi connectivity index (χ1n) is 9.77. The minimum atomic E-state index is -3.03. The van der Waals surface area contributed by atoms with E-state index in [-0.39, 0.29) is 28.9 Å². The second-order valence-corrected chi connectivity index (χ2v) is 9.76. The third-order valence-electron chi connectivity index (χ3n) is 5.34. The molecule has 29 heavy (non-hydrogen) atoms. The summed E-state index contributed by atoms with van der Waals surface area (Å²) in [5, 5.41) is 14.1. The summed E-state index contributed by atoms with van der Waals surface area (Å²) in [6.45, 7) is 5.75. The number of allylic oxidation sites excluding steroid dienone is 1. The van der Waals surface area contributed by atoms with Gasteiger partial charge in [-0.3, -0.25) is 9.48 Å². The van der Waals surface area contributed by atoms with Crippen molar-refractivity contribution in [2.75, 3.05) is 11.5 Å². The van der Waals surface area contributed by atoms with Crippen LogP contribution in [0, 0.1) is 25.2 Å². The Labute approximate surface area is 171 Å². The average Bonchev–Trinajstić information content (AvgIpc) is 3.19. The van der Waals surface area contributed by atoms with Gasteiger partial charge in [-0.2, -0.15) is 10.4 Å². The number of rotatable bonds is 6. The summed E-state index contributed by atoms with van der Waals surface area (Å²) in [5.41, 5.74) is 3.81. The van der Waals surface area contributed by atoms with Crippen LogP contribution in [0.4, 0.5) is 0 Å². The van der Waals surface area contributed by atoms with E-state index in [2.05, 4.69) is 12.0 Å². The minimum absolute atomic E-state index is 0.0398. The summed E-state index contributed by atoms with van der Waals surface area (Å²) in [6.07, 6.45) is 4.08. The average molecular weight is 412 g/mol. The topological polar surface area (TPSA) is 92.8 Å². The van der Waals surface area contributed by atoms with Gasteiger partial charge in [0.25, 0.3) is 0 Å². The lowest BCUT2D eigenvalue weighted by Gasteiger charge is -2.11. The summed E-state index contributed by atoms with van der Waals surface area (Å²) >= 11 is 0. The van der Waals surface area contributed by atoms with Gasteiger partial charge in [0.05, 0.1) is 23.2 Å². The molecule has 0 aliphatic carbocycles. The van der Waals surface area contributed by atoms with Crippen molar-refractivity contribution in [2.24, 2.45) is 0 Å². The summed E-state index contributed by atoms with van der Waals surface area (Å²) in [6, 6.07) is 9.16. The molecule has 1 aromatic heterocycles. The monoisotopic (exact) mass is 411 g/mol. The smallest absolute Gasteiger partial charge is 0.203 e. The van der Waals surface area contributed by atoms with Crippen LogP contribution >= 0.6 is 0 Å². The molecule has 1 atom stereocenters. The van der Waals surface area contributed by atoms with Crippen molar-refractivity contribution in [1.82, 2.24) is 9.78 Å². The molecule has 0 amide bonds. The molecule has 1 aliphatic rings. The van der Waals surface area contributed by atoms with Crippen molar-refractivity contribution in [3.05, 3.63) is 57.9 Å². The highest BCUT2D eigenvalue weighted by Crippen LogP contribution is 2.28. The number of aromatic nitrogens is 2. The van der Waals surface area contributed by atoms with Crippen LogP contribution < -0.4 is 0 Å². The van der Waals surface area contributed by atoms with E-state index in [9.17, 15) is 18.5 Å². The number of nitriles is 1. The highest BCUT2D eigenvalue weighted by Gasteiger charge is 2.31. The number of benzene rings is 1. The molecule has 2 aromatic rings. The molecular weight excluding hydrogens is 386 g/mol. The third-order valence-corrected chi connectivity index (χ3v) is 7.09. The number of hydrogen-bond donors (Lipinski definition) is 0. The van der Waals surface area contributed by atoms with Gasteiger partial charge in [0.1, 0.15) is 11.6 Å². The number of hydrogen-bond acceptors (Lipinski definition) is 5. The van der Waals surface area contributed by atoms with E-state index in [1.165, 1.54) is 0 Å². The number of aryl methyl sites for hydroxylation is 2. The molecule has 7 heteroatoms. The highest BCUT2D eigenvalue weighted by atomic mass is 32.2. The van der Waals surface area contributed by atoms with Crippen molar-refractivity contribution >= 4 is 21.7 Å². The molecule has 0 bridgehead atoms. The summed E-state index contributed by atoms with van der Waals surface area (Å²) in [7, 11) is -3.03. The minimum Gasteiger partial charge on any atom is -0.288 e. The van der Waals surface area contributed by atoms with Gasteiger partial charge in [0, 0.05) is 16.8 Å². The predicted molar refractivity (Wildman–Crippen MR) is 112 cm³/mol. The van der Waals surface area contributed by atoms with Crippen LogP contribution in [0.25, 0.3) is 6.08 Å². The lowest BCUT2D eigenvalue weighted by molar-refractivity contribution is 0.104. The predicted octanol–water partition coefficient (Wildman–Crippen LogP) is 3.60. The van der Waals surface area contributed by atoms with Crippen molar-refractivity contribution < 1.29 is 13.2 Å². The largest absolute Gasteiger partial charge is 0.288 e. The van der Waals surface area contributed by atoms with Crippen LogP contribution in [0.15, 0.2) is 29.8 Å². The Kier molecular flexibility index (Phi) is 6.04. The Morgan fingerprint density at radius 2 is 2.00 bits per heavy atom. The Balaban J connectivity index is 1.91. The van der Waals surface area contributed by atoms with E-state index in [4.69, 9.17) is 0 Å². The Morgan fingerprint density at radius 3 is 2.55 bits per heavy atom. The van der Waals surface area contributed by atoms with E-state index in [1.54, 1.807) is 29.8 Å². The summed E-state index contributed by atoms with van der Waals surface area (Å²) in [5.74, 6) is -0.0887. The first-order chi connectivity index (χ1) is 13.8. The van der Waals surface area contributed by atoms with Crippen LogP contribution in [0.3, 0.4) is 0 Å². The molecule has 1 saturated heterocycles. The van der Waals surface area contributed by atoms with Crippen LogP contribution in [-0.2, 0) is 16.3 Å². The van der Waals surface area contributed by atoms with Crippen molar-refractivity contribution in [1.29, 1.82) is 5.26 Å². The van der Waals surface area contributed by atoms with Gasteiger partial charge in [-0.25, -0.2) is 8.42 Å². The fourth-order valence-corrected chi connectivity index (χ4v) is 5.46. The molecule has 1 aromatic carbocycles. The van der Waals surface area contributed by atoms with Gasteiger partial charge < -0.3 is 0 Å². The molecule has 152 valence electrons. The molecular formula is C22H25N3O3S. The standard InChI is InChI=1S/C22H25N3O3S/c1-4-5-17-6-8-18(9-7-17)22(26)19(13-23)12-21-15(2)24-25(16(21)3)20-10-11-29(27,28)14-20/h6-9,12,20H,4-5,10-11,14H2,1-3H3/b19-12+/t20-/m0/s1. The fourth-order valence-electron chi connectivity index (χ4n) is 3.77. The number of sulfone groups is 1. The lowest BCUT2D eigenvalue weighted by atomic mass is 9.99. The first-order valence-corrected chi connectivity index (χ1v) is 11.6. The molecule has 6 nitrogen and oxygen atoms in total. The number of ketones is 1. The molecule has 1 aliphatic heterocycles. The number of nitrogens with zero attached hydrogens (tertiary/aromatic N) is 3. The number of carbonyl (C=O) groups excluding carboxylic acids is 1. The van der Waals surface area contributed by atoms with Gasteiger partial charge >= 0.3 is 0 Å². The van der Waals surface area contributed by atoms with E-state index >= 15 is 0 Å². The third kappa shape index (κ3) is 4.48. The maximum atomic E-state index is 12.8. The zero-order valence-electron chi connectivity index (χ0n) is 17.0. The molecule has 1 fully saturated rings. The number of Topliss-reactive ketones (excluding diaryl/α,β-unsaturated/α-hetero) is 1. The Bertz CT molecular complexity index is 1100. The Morgan fingerprint density at radius 1 is 1.31 bits per heavy atom. The molecule has 2 heterocycles. The van der Waals surface area contributed by atoms with Crippen LogP contribution in [-0.4, -0.2) is 35.5 Å². The molecule has 0 saturated carbocycles. The van der Waals surface area contributed by atoms with Gasteiger partial charge in [-0.15, -0.1) is 0 Å². The molecule has 0 N–H and O–H groups in total. The molecule has 0 radical (unpaired) electrons. The van der Waals surface area contributed by atoms with Crippen LogP contribution in [0.5, 0.6) is 0 Å². The van der Waals surface area contributed by atoms with Gasteiger partial charge in [0.15, 0.2) is 9.84 Å². The summed E-state index contributed by atoms with van der Waals surface area (Å²) in [4.78, 5) is 12.8. The normalized spacial score (nSPS) is 18.6. The number of carbonyl (C=O) groups is 1. The lowest BCUT2D eigenvalue weighted by Crippen LogP contribution is -2.14. The molecule has 0 unspecified atom stereocenters. The first kappa shape index (κ1) is 21.0. The summed E-state index contributed by atoms with van der Waals surface area (Å²) < 4.78 is 25.4. The maximum Gasteiger partial charge on any atom is 0.203 e. The highest BCUT2D eigenvalue weighted by molar-refractivity contribution is 7.91. The van der Waals surface area contributed by atoms with Crippen molar-refractivity contribution in [2.45, 2.75) is 46.1 Å². The second-order valence-electron chi connectivity index (χ2n) is 7.53. The zero-order chi connectivity index (χ0) is 21.2. The maximum absolute atomic E-state index is 12.8. The van der Waals surface area contributed by atoms with Crippen LogP contribution in [0.2, 0.25) is 0 Å². The Hall–Kier alpha value is -2.72.